The molecule has 2 aromatic carbocycles. The third kappa shape index (κ3) is 3.06. The quantitative estimate of drug-likeness (QED) is 0.912. The molecule has 20 heavy (non-hydrogen) atoms. The minimum Gasteiger partial charge on any atom is -0.497 e. The lowest BCUT2D eigenvalue weighted by Gasteiger charge is -2.11. The van der Waals surface area contributed by atoms with Crippen LogP contribution in [0, 0.1) is 5.82 Å². The van der Waals surface area contributed by atoms with Crippen molar-refractivity contribution in [1.82, 2.24) is 0 Å². The third-order valence-electron chi connectivity index (χ3n) is 2.80. The highest BCUT2D eigenvalue weighted by Crippen LogP contribution is 2.25. The van der Waals surface area contributed by atoms with Gasteiger partial charge < -0.3 is 15.2 Å². The lowest BCUT2D eigenvalue weighted by molar-refractivity contribution is 0.0996. The van der Waals surface area contributed by atoms with Gasteiger partial charge >= 0.3 is 0 Å². The Hall–Kier alpha value is -2.56. The van der Waals surface area contributed by atoms with E-state index in [0.717, 1.165) is 0 Å². The van der Waals surface area contributed by atoms with Crippen molar-refractivity contribution in [3.8, 4) is 11.5 Å². The largest absolute Gasteiger partial charge is 0.497 e. The molecule has 2 rings (SSSR count). The summed E-state index contributed by atoms with van der Waals surface area (Å²) < 4.78 is 24.0. The average Bonchev–Trinajstić information content (AvgIpc) is 2.46. The summed E-state index contributed by atoms with van der Waals surface area (Å²) in [7, 11) is 1.50. The molecule has 0 saturated heterocycles. The molecule has 2 N–H and O–H groups in total. The normalized spacial score (nSPS) is 10.1. The minimum atomic E-state index is -0.615. The molecule has 0 atom stereocenters. The molecule has 0 aliphatic heterocycles. The molecule has 0 aliphatic carbocycles. The van der Waals surface area contributed by atoms with Crippen molar-refractivity contribution in [2.45, 2.75) is 6.61 Å². The van der Waals surface area contributed by atoms with Crippen LogP contribution < -0.4 is 15.2 Å². The summed E-state index contributed by atoms with van der Waals surface area (Å²) in [5.74, 6) is -0.189. The smallest absolute Gasteiger partial charge is 0.252 e. The Kier molecular flexibility index (Phi) is 4.20. The first-order valence-electron chi connectivity index (χ1n) is 5.96. The molecule has 0 unspecified atom stereocenters. The van der Waals surface area contributed by atoms with E-state index >= 15 is 0 Å². The van der Waals surface area contributed by atoms with E-state index in [9.17, 15) is 9.18 Å². The van der Waals surface area contributed by atoms with E-state index in [2.05, 4.69) is 0 Å². The summed E-state index contributed by atoms with van der Waals surface area (Å²) in [5.41, 5.74) is 5.89. The highest BCUT2D eigenvalue weighted by molar-refractivity contribution is 5.95. The van der Waals surface area contributed by atoms with Crippen LogP contribution in [-0.4, -0.2) is 13.0 Å². The van der Waals surface area contributed by atoms with Crippen LogP contribution in [0.5, 0.6) is 11.5 Å². The Morgan fingerprint density at radius 1 is 1.25 bits per heavy atom. The second-order valence-corrected chi connectivity index (χ2v) is 4.11. The lowest BCUT2D eigenvalue weighted by Crippen LogP contribution is -2.13. The van der Waals surface area contributed by atoms with E-state index < -0.39 is 5.91 Å². The summed E-state index contributed by atoms with van der Waals surface area (Å²) in [4.78, 5) is 11.3. The van der Waals surface area contributed by atoms with E-state index in [-0.39, 0.29) is 23.7 Å². The van der Waals surface area contributed by atoms with Gasteiger partial charge in [0.2, 0.25) is 0 Å². The zero-order valence-electron chi connectivity index (χ0n) is 10.9. The Balaban J connectivity index is 2.24. The number of rotatable bonds is 5. The molecule has 104 valence electrons. The Bertz CT molecular complexity index is 628. The van der Waals surface area contributed by atoms with Gasteiger partial charge in [0.05, 0.1) is 12.7 Å². The number of hydrogen-bond acceptors (Lipinski definition) is 3. The zero-order valence-corrected chi connectivity index (χ0v) is 10.9. The molecular weight excluding hydrogens is 261 g/mol. The van der Waals surface area contributed by atoms with Gasteiger partial charge in [-0.1, -0.05) is 18.2 Å². The average molecular weight is 275 g/mol. The van der Waals surface area contributed by atoms with Crippen LogP contribution in [0.3, 0.4) is 0 Å². The minimum absolute atomic E-state index is 0.000120. The Morgan fingerprint density at radius 2 is 2.00 bits per heavy atom. The van der Waals surface area contributed by atoms with Crippen LogP contribution in [0.25, 0.3) is 0 Å². The van der Waals surface area contributed by atoms with Gasteiger partial charge in [-0.3, -0.25) is 4.79 Å². The second-order valence-electron chi connectivity index (χ2n) is 4.11. The van der Waals surface area contributed by atoms with E-state index in [1.807, 2.05) is 0 Å². The number of amides is 1. The molecule has 0 aliphatic rings. The summed E-state index contributed by atoms with van der Waals surface area (Å²) in [5, 5.41) is 0. The number of benzene rings is 2. The van der Waals surface area contributed by atoms with Gasteiger partial charge in [0.15, 0.2) is 0 Å². The third-order valence-corrected chi connectivity index (χ3v) is 2.80. The standard InChI is InChI=1S/C15H14FNO3/c1-19-11-6-7-12(15(17)18)14(8-11)20-9-10-4-2-3-5-13(10)16/h2-8H,9H2,1H3,(H2,17,18). The topological polar surface area (TPSA) is 61.5 Å². The van der Waals surface area contributed by atoms with Gasteiger partial charge in [-0.25, -0.2) is 4.39 Å². The van der Waals surface area contributed by atoms with Crippen LogP contribution in [0.1, 0.15) is 15.9 Å². The van der Waals surface area contributed by atoms with E-state index in [0.29, 0.717) is 11.3 Å². The van der Waals surface area contributed by atoms with Crippen molar-refractivity contribution >= 4 is 5.91 Å². The first kappa shape index (κ1) is 13.9. The number of primary amides is 1. The van der Waals surface area contributed by atoms with Crippen molar-refractivity contribution in [2.75, 3.05) is 7.11 Å². The summed E-state index contributed by atoms with van der Waals surface area (Å²) in [6.45, 7) is 0.000120. The van der Waals surface area contributed by atoms with Gasteiger partial charge in [-0.2, -0.15) is 0 Å². The molecule has 0 spiro atoms. The second kappa shape index (κ2) is 6.06. The number of hydrogen-bond donors (Lipinski definition) is 1. The van der Waals surface area contributed by atoms with Crippen LogP contribution in [0.15, 0.2) is 42.5 Å². The maximum absolute atomic E-state index is 13.5. The van der Waals surface area contributed by atoms with E-state index in [1.165, 1.54) is 19.2 Å². The zero-order chi connectivity index (χ0) is 14.5. The van der Waals surface area contributed by atoms with Crippen LogP contribution in [0.2, 0.25) is 0 Å². The molecule has 1 amide bonds. The van der Waals surface area contributed by atoms with Gasteiger partial charge in [0.1, 0.15) is 23.9 Å². The summed E-state index contributed by atoms with van der Waals surface area (Å²) in [6.07, 6.45) is 0. The molecule has 0 heterocycles. The maximum Gasteiger partial charge on any atom is 0.252 e. The fourth-order valence-electron chi connectivity index (χ4n) is 1.72. The highest BCUT2D eigenvalue weighted by Gasteiger charge is 2.12. The van der Waals surface area contributed by atoms with Crippen LogP contribution >= 0.6 is 0 Å². The monoisotopic (exact) mass is 275 g/mol. The number of methoxy groups -OCH3 is 1. The lowest BCUT2D eigenvalue weighted by atomic mass is 10.1. The molecule has 4 nitrogen and oxygen atoms in total. The predicted octanol–water partition coefficient (Wildman–Crippen LogP) is 2.51. The van der Waals surface area contributed by atoms with Gasteiger partial charge in [-0.15, -0.1) is 0 Å². The molecule has 5 heteroatoms. The van der Waals surface area contributed by atoms with Gasteiger partial charge in [0.25, 0.3) is 5.91 Å². The molecule has 2 aromatic rings. The van der Waals surface area contributed by atoms with E-state index in [1.54, 1.807) is 30.3 Å². The van der Waals surface area contributed by atoms with Crippen molar-refractivity contribution in [3.63, 3.8) is 0 Å². The fourth-order valence-corrected chi connectivity index (χ4v) is 1.72. The number of carbonyl (C=O) groups excluding carboxylic acids is 1. The molecule has 0 aromatic heterocycles. The van der Waals surface area contributed by atoms with Gasteiger partial charge in [0, 0.05) is 11.6 Å². The molecular formula is C15H14FNO3. The number of carbonyl (C=O) groups is 1. The molecule has 0 radical (unpaired) electrons. The molecule has 0 saturated carbocycles. The van der Waals surface area contributed by atoms with Crippen LogP contribution in [0.4, 0.5) is 4.39 Å². The first-order chi connectivity index (χ1) is 9.61. The Labute approximate surface area is 115 Å². The maximum atomic E-state index is 13.5. The highest BCUT2D eigenvalue weighted by atomic mass is 19.1. The van der Waals surface area contributed by atoms with E-state index in [4.69, 9.17) is 15.2 Å². The number of halogens is 1. The fraction of sp³-hybridized carbons (Fsp3) is 0.133. The molecule has 0 fully saturated rings. The van der Waals surface area contributed by atoms with Crippen molar-refractivity contribution < 1.29 is 18.7 Å². The number of ether oxygens (including phenoxy) is 2. The number of nitrogens with two attached hydrogens (primary N) is 1. The SMILES string of the molecule is COc1ccc(C(N)=O)c(OCc2ccccc2F)c1. The summed E-state index contributed by atoms with van der Waals surface area (Å²) in [6, 6.07) is 10.9. The first-order valence-corrected chi connectivity index (χ1v) is 5.96. The van der Waals surface area contributed by atoms with Gasteiger partial charge in [-0.05, 0) is 18.2 Å². The van der Waals surface area contributed by atoms with Crippen molar-refractivity contribution in [2.24, 2.45) is 5.73 Å². The summed E-state index contributed by atoms with van der Waals surface area (Å²) >= 11 is 0. The van der Waals surface area contributed by atoms with Crippen molar-refractivity contribution in [1.29, 1.82) is 0 Å². The predicted molar refractivity (Wildman–Crippen MR) is 72.2 cm³/mol. The van der Waals surface area contributed by atoms with Crippen molar-refractivity contribution in [3.05, 3.63) is 59.4 Å². The van der Waals surface area contributed by atoms with Crippen LogP contribution in [-0.2, 0) is 6.61 Å². The Morgan fingerprint density at radius 3 is 2.65 bits per heavy atom. The molecule has 0 bridgehead atoms.